The van der Waals surface area contributed by atoms with Gasteiger partial charge in [0.1, 0.15) is 11.4 Å². The van der Waals surface area contributed by atoms with Gasteiger partial charge < -0.3 is 35.4 Å². The van der Waals surface area contributed by atoms with Crippen molar-refractivity contribution in [2.45, 2.75) is 78.3 Å². The number of amides is 3. The second-order valence-electron chi connectivity index (χ2n) is 11.7. The van der Waals surface area contributed by atoms with Gasteiger partial charge in [0, 0.05) is 23.0 Å². The van der Waals surface area contributed by atoms with E-state index in [1.165, 1.54) is 18.3 Å². The molecular weight excluding hydrogens is 544 g/mol. The molecule has 0 aliphatic rings. The molecule has 12 heteroatoms. The summed E-state index contributed by atoms with van der Waals surface area (Å²) < 4.78 is 11.1. The molecule has 3 atom stereocenters. The number of aromatic nitrogens is 1. The first-order valence-corrected chi connectivity index (χ1v) is 13.3. The number of benzene rings is 2. The zero-order chi connectivity index (χ0) is 31.4. The largest absolute Gasteiger partial charge is 0.443 e. The lowest BCUT2D eigenvalue weighted by molar-refractivity contribution is -0.163. The van der Waals surface area contributed by atoms with E-state index in [1.54, 1.807) is 77.9 Å². The molecule has 42 heavy (non-hydrogen) atoms. The fourth-order valence-corrected chi connectivity index (χ4v) is 3.75. The Morgan fingerprint density at radius 3 is 1.90 bits per heavy atom. The van der Waals surface area contributed by atoms with E-state index >= 15 is 0 Å². The molecule has 2 aromatic carbocycles. The zero-order valence-electron chi connectivity index (χ0n) is 24.7. The van der Waals surface area contributed by atoms with Crippen LogP contribution >= 0.6 is 0 Å². The summed E-state index contributed by atoms with van der Waals surface area (Å²) in [4.78, 5) is 43.4. The molecule has 1 unspecified atom stereocenters. The van der Waals surface area contributed by atoms with Crippen molar-refractivity contribution in [3.05, 3.63) is 60.3 Å². The molecule has 0 aliphatic heterocycles. The van der Waals surface area contributed by atoms with Gasteiger partial charge in [-0.3, -0.25) is 9.59 Å². The van der Waals surface area contributed by atoms with Gasteiger partial charge in [-0.1, -0.05) is 17.7 Å². The number of aryl methyl sites for hydroxylation is 1. The van der Waals surface area contributed by atoms with Crippen LogP contribution < -0.4 is 15.5 Å². The van der Waals surface area contributed by atoms with E-state index in [-0.39, 0.29) is 11.5 Å². The molecule has 0 bridgehead atoms. The second-order valence-corrected chi connectivity index (χ2v) is 11.7. The van der Waals surface area contributed by atoms with E-state index in [1.807, 2.05) is 6.92 Å². The zero-order valence-corrected chi connectivity index (χ0v) is 24.7. The van der Waals surface area contributed by atoms with Crippen LogP contribution in [-0.4, -0.2) is 68.0 Å². The van der Waals surface area contributed by atoms with Gasteiger partial charge in [0.25, 0.3) is 11.8 Å². The van der Waals surface area contributed by atoms with Crippen LogP contribution in [0, 0.1) is 6.92 Å². The van der Waals surface area contributed by atoms with Crippen LogP contribution in [0.5, 0.6) is 0 Å². The van der Waals surface area contributed by atoms with Gasteiger partial charge in [-0.15, -0.1) is 0 Å². The molecule has 1 aromatic heterocycles. The van der Waals surface area contributed by atoms with Crippen LogP contribution in [0.4, 0.5) is 22.0 Å². The minimum Gasteiger partial charge on any atom is -0.443 e. The third kappa shape index (κ3) is 8.70. The first-order valence-electron chi connectivity index (χ1n) is 13.3. The van der Waals surface area contributed by atoms with Crippen molar-refractivity contribution in [2.75, 3.05) is 15.5 Å². The number of fused-ring (bicyclic) bond motifs is 1. The number of hydrogen-bond donors (Lipinski definition) is 5. The summed E-state index contributed by atoms with van der Waals surface area (Å²) in [5.74, 6) is -1.92. The number of nitrogens with one attached hydrogen (secondary N) is 2. The maximum absolute atomic E-state index is 13.1. The Morgan fingerprint density at radius 2 is 1.36 bits per heavy atom. The molecule has 226 valence electrons. The van der Waals surface area contributed by atoms with Crippen molar-refractivity contribution in [1.82, 2.24) is 4.98 Å². The number of carbonyl (C=O) groups is 3. The maximum atomic E-state index is 13.1. The number of carbonyl (C=O) groups excluding carboxylic acids is 3. The van der Waals surface area contributed by atoms with Gasteiger partial charge in [0.05, 0.1) is 5.60 Å². The molecule has 3 rings (SSSR count). The van der Waals surface area contributed by atoms with Crippen molar-refractivity contribution >= 4 is 45.9 Å². The molecule has 0 aliphatic carbocycles. The van der Waals surface area contributed by atoms with E-state index in [4.69, 9.17) is 9.47 Å². The summed E-state index contributed by atoms with van der Waals surface area (Å²) in [5, 5.41) is 37.3. The fourth-order valence-electron chi connectivity index (χ4n) is 3.75. The summed E-state index contributed by atoms with van der Waals surface area (Å²) >= 11 is 0. The van der Waals surface area contributed by atoms with Crippen LogP contribution in [0.3, 0.4) is 0 Å². The first-order chi connectivity index (χ1) is 19.4. The molecular formula is C30H38N4O8. The number of aliphatic hydroxyl groups excluding tert-OH is 3. The summed E-state index contributed by atoms with van der Waals surface area (Å²) in [6.45, 7) is 12.1. The van der Waals surface area contributed by atoms with E-state index in [0.717, 1.165) is 10.5 Å². The monoisotopic (exact) mass is 582 g/mol. The van der Waals surface area contributed by atoms with Gasteiger partial charge in [-0.05, 0) is 90.3 Å². The molecule has 0 fully saturated rings. The number of nitrogens with zero attached hydrogens (tertiary/aromatic N) is 2. The lowest BCUT2D eigenvalue weighted by Gasteiger charge is -2.33. The highest BCUT2D eigenvalue weighted by Crippen LogP contribution is 2.30. The predicted molar refractivity (Wildman–Crippen MR) is 158 cm³/mol. The Hall–Kier alpha value is -4.10. The first kappa shape index (κ1) is 32.4. The molecule has 0 radical (unpaired) electrons. The van der Waals surface area contributed by atoms with Crippen molar-refractivity contribution in [1.29, 1.82) is 0 Å². The summed E-state index contributed by atoms with van der Waals surface area (Å²) in [7, 11) is 0. The maximum Gasteiger partial charge on any atom is 0.420 e. The Bertz CT molecular complexity index is 1430. The third-order valence-electron chi connectivity index (χ3n) is 5.66. The summed E-state index contributed by atoms with van der Waals surface area (Å²) in [6, 6.07) is 12.9. The lowest BCUT2D eigenvalue weighted by atomic mass is 10.1. The van der Waals surface area contributed by atoms with E-state index < -0.39 is 47.7 Å². The predicted octanol–water partition coefficient (Wildman–Crippen LogP) is 3.67. The molecule has 12 nitrogen and oxygen atoms in total. The number of hydrogen-bond acceptors (Lipinski definition) is 9. The Morgan fingerprint density at radius 1 is 0.810 bits per heavy atom. The minimum atomic E-state index is -2.06. The van der Waals surface area contributed by atoms with Gasteiger partial charge in [0.2, 0.25) is 6.41 Å². The normalized spacial score (nSPS) is 14.0. The standard InChI is InChI=1S/C30H38N4O8/c1-17-8-10-19(11-9-17)32-25(37)22(35)23(36)26(38)33-20-12-13-21-18(16-20)14-15-31-24(21)34(27(39)41-29(2,3)4)28(40)42-30(5,6)7/h8-16,22-23,27,35-36,39H,1-7H3,(H,32,37)(H,33,38)/t22-,23-,27?/m1/s1. The summed E-state index contributed by atoms with van der Waals surface area (Å²) in [6.07, 6.45) is -5.32. The van der Waals surface area contributed by atoms with Crippen LogP contribution in [0.15, 0.2) is 54.7 Å². The van der Waals surface area contributed by atoms with Crippen molar-refractivity contribution < 1.29 is 39.2 Å². The molecule has 1 heterocycles. The van der Waals surface area contributed by atoms with Crippen molar-refractivity contribution in [2.24, 2.45) is 0 Å². The number of ether oxygens (including phenoxy) is 2. The van der Waals surface area contributed by atoms with E-state index in [9.17, 15) is 29.7 Å². The highest BCUT2D eigenvalue weighted by atomic mass is 16.7. The molecule has 0 saturated carbocycles. The lowest BCUT2D eigenvalue weighted by Crippen LogP contribution is -2.48. The van der Waals surface area contributed by atoms with Gasteiger partial charge in [-0.2, -0.15) is 0 Å². The minimum absolute atomic E-state index is 0.0413. The van der Waals surface area contributed by atoms with Crippen molar-refractivity contribution in [3.63, 3.8) is 0 Å². The highest BCUT2D eigenvalue weighted by molar-refractivity contribution is 6.04. The molecule has 0 spiro atoms. The number of pyridine rings is 1. The van der Waals surface area contributed by atoms with Crippen molar-refractivity contribution in [3.8, 4) is 0 Å². The molecule has 3 amide bonds. The summed E-state index contributed by atoms with van der Waals surface area (Å²) in [5.41, 5.74) is -0.0937. The van der Waals surface area contributed by atoms with Gasteiger partial charge in [-0.25, -0.2) is 14.7 Å². The number of rotatable bonds is 8. The third-order valence-corrected chi connectivity index (χ3v) is 5.66. The smallest absolute Gasteiger partial charge is 0.420 e. The van der Waals surface area contributed by atoms with Crippen LogP contribution in [0.1, 0.15) is 47.1 Å². The van der Waals surface area contributed by atoms with E-state index in [0.29, 0.717) is 16.5 Å². The topological polar surface area (TPSA) is 171 Å². The van der Waals surface area contributed by atoms with Crippen LogP contribution in [0.25, 0.3) is 10.8 Å². The quantitative estimate of drug-likeness (QED) is 0.249. The average molecular weight is 583 g/mol. The van der Waals surface area contributed by atoms with Crippen LogP contribution in [-0.2, 0) is 19.1 Å². The Balaban J connectivity index is 1.83. The molecule has 5 N–H and O–H groups in total. The molecule has 3 aromatic rings. The Labute approximate surface area is 244 Å². The van der Waals surface area contributed by atoms with Gasteiger partial charge >= 0.3 is 6.09 Å². The number of aliphatic hydroxyl groups is 3. The fraction of sp³-hybridized carbons (Fsp3) is 0.400. The Kier molecular flexibility index (Phi) is 9.90. The number of anilines is 3. The van der Waals surface area contributed by atoms with E-state index in [2.05, 4.69) is 15.6 Å². The van der Waals surface area contributed by atoms with Crippen LogP contribution in [0.2, 0.25) is 0 Å². The highest BCUT2D eigenvalue weighted by Gasteiger charge is 2.34. The van der Waals surface area contributed by atoms with Gasteiger partial charge in [0.15, 0.2) is 12.2 Å². The second kappa shape index (κ2) is 12.8. The molecule has 0 saturated heterocycles. The SMILES string of the molecule is Cc1ccc(NC(=O)[C@H](O)[C@@H](O)C(=O)Nc2ccc3c(N(C(=O)OC(C)(C)C)C(O)OC(C)(C)C)nccc3c2)cc1. The average Bonchev–Trinajstić information content (AvgIpc) is 2.87.